The van der Waals surface area contributed by atoms with Gasteiger partial charge in [-0.2, -0.15) is 0 Å². The molecule has 0 N–H and O–H groups in total. The van der Waals surface area contributed by atoms with Crippen LogP contribution in [0.25, 0.3) is 0 Å². The van der Waals surface area contributed by atoms with E-state index in [-0.39, 0.29) is 0 Å². The lowest BCUT2D eigenvalue weighted by Gasteiger charge is -1.83. The summed E-state index contributed by atoms with van der Waals surface area (Å²) in [5.74, 6) is -0.526. The van der Waals surface area contributed by atoms with Crippen molar-refractivity contribution in [3.8, 4) is 0 Å². The van der Waals surface area contributed by atoms with Crippen LogP contribution in [-0.4, -0.2) is 24.8 Å². The zero-order valence-electron chi connectivity index (χ0n) is 4.25. The predicted molar refractivity (Wildman–Crippen MR) is 33.1 cm³/mol. The molecule has 0 saturated carbocycles. The zero-order chi connectivity index (χ0) is 6.41. The molecule has 43 valence electrons. The van der Waals surface area contributed by atoms with Gasteiger partial charge in [0.25, 0.3) is 0 Å². The van der Waals surface area contributed by atoms with Gasteiger partial charge in [-0.25, -0.2) is 9.79 Å². The van der Waals surface area contributed by atoms with Crippen molar-refractivity contribution >= 4 is 29.9 Å². The van der Waals surface area contributed by atoms with Crippen molar-refractivity contribution in [1.82, 2.24) is 0 Å². The van der Waals surface area contributed by atoms with Gasteiger partial charge in [-0.15, -0.1) is 0 Å². The first-order valence-corrected chi connectivity index (χ1v) is 2.20. The number of ether oxygens (including phenoxy) is 1. The largest absolute Gasteiger partial charge is 0.465 e. The van der Waals surface area contributed by atoms with Gasteiger partial charge in [0, 0.05) is 0 Å². The molecule has 0 unspecified atom stereocenters. The fraction of sp³-hybridized carbons (Fsp3) is 0.250. The average Bonchev–Trinajstić information content (AvgIpc) is 1.83. The maximum atomic E-state index is 10.1. The third-order valence-corrected chi connectivity index (χ3v) is 0.529. The third kappa shape index (κ3) is 3.42. The molecular formula is C4H4NO2S. The second-order valence-corrected chi connectivity index (χ2v) is 1.06. The number of carbonyl (C=O) groups excluding carboxylic acids is 1. The molecule has 0 heterocycles. The Morgan fingerprint density at radius 2 is 2.62 bits per heavy atom. The van der Waals surface area contributed by atoms with Gasteiger partial charge in [0.15, 0.2) is 5.49 Å². The van der Waals surface area contributed by atoms with Crippen LogP contribution in [0.4, 0.5) is 0 Å². The van der Waals surface area contributed by atoms with Gasteiger partial charge in [-0.1, -0.05) is 12.2 Å². The Morgan fingerprint density at radius 3 is 3.00 bits per heavy atom. The molecule has 8 heavy (non-hydrogen) atoms. The van der Waals surface area contributed by atoms with E-state index in [9.17, 15) is 4.79 Å². The maximum Gasteiger partial charge on any atom is 0.349 e. The number of hydrogen-bond acceptors (Lipinski definition) is 3. The number of aliphatic imine (C=N–C) groups is 1. The number of nitrogens with zero attached hydrogens (tertiary/aromatic N) is 1. The summed E-state index contributed by atoms with van der Waals surface area (Å²) in [5.41, 5.74) is 1.98. The molecule has 0 aromatic rings. The average molecular weight is 130 g/mol. The van der Waals surface area contributed by atoms with E-state index in [4.69, 9.17) is 0 Å². The summed E-state index contributed by atoms with van der Waals surface area (Å²) >= 11 is 4.16. The van der Waals surface area contributed by atoms with Crippen molar-refractivity contribution in [2.45, 2.75) is 0 Å². The van der Waals surface area contributed by atoms with Crippen molar-refractivity contribution < 1.29 is 9.53 Å². The van der Waals surface area contributed by atoms with E-state index in [2.05, 4.69) is 21.9 Å². The van der Waals surface area contributed by atoms with Crippen molar-refractivity contribution in [2.75, 3.05) is 7.11 Å². The minimum Gasteiger partial charge on any atom is -0.465 e. The summed E-state index contributed by atoms with van der Waals surface area (Å²) in [5, 5.41) is 0. The van der Waals surface area contributed by atoms with Gasteiger partial charge in [0.05, 0.1) is 7.11 Å². The molecule has 0 aliphatic carbocycles. The number of esters is 1. The predicted octanol–water partition coefficient (Wildman–Crippen LogP) is 0.0644. The summed E-state index contributed by atoms with van der Waals surface area (Å²) in [6.07, 6.45) is 0.951. The van der Waals surface area contributed by atoms with E-state index in [0.717, 1.165) is 6.21 Å². The molecule has 0 aromatic carbocycles. The number of hydrogen-bond donors (Lipinski definition) is 0. The highest BCUT2D eigenvalue weighted by Crippen LogP contribution is 1.65. The molecule has 0 saturated heterocycles. The summed E-state index contributed by atoms with van der Waals surface area (Å²) in [7, 11) is 1.26. The normalized spacial score (nSPS) is 9.12. The van der Waals surface area contributed by atoms with Crippen molar-refractivity contribution in [1.29, 1.82) is 0 Å². The Kier molecular flexibility index (Phi) is 3.97. The summed E-state index contributed by atoms with van der Waals surface area (Å²) in [6, 6.07) is 0. The fourth-order valence-corrected chi connectivity index (χ4v) is 0.184. The maximum absolute atomic E-state index is 10.1. The van der Waals surface area contributed by atoms with Crippen LogP contribution in [0.2, 0.25) is 0 Å². The van der Waals surface area contributed by atoms with Gasteiger partial charge in [0.2, 0.25) is 0 Å². The van der Waals surface area contributed by atoms with Gasteiger partial charge < -0.3 is 4.74 Å². The van der Waals surface area contributed by atoms with Crippen molar-refractivity contribution in [2.24, 2.45) is 4.99 Å². The Labute approximate surface area is 52.4 Å². The van der Waals surface area contributed by atoms with E-state index in [1.54, 1.807) is 0 Å². The molecule has 0 amide bonds. The van der Waals surface area contributed by atoms with Crippen LogP contribution in [0.3, 0.4) is 0 Å². The van der Waals surface area contributed by atoms with E-state index in [1.807, 2.05) is 5.49 Å². The summed E-state index contributed by atoms with van der Waals surface area (Å²) < 4.78 is 4.18. The van der Waals surface area contributed by atoms with E-state index in [1.165, 1.54) is 7.11 Å². The Balaban J connectivity index is 3.52. The first kappa shape index (κ1) is 7.23. The SMILES string of the molecule is COC(=O)C=N[C]=S. The van der Waals surface area contributed by atoms with Crippen LogP contribution in [0, 0.1) is 0 Å². The highest BCUT2D eigenvalue weighted by molar-refractivity contribution is 7.78. The molecule has 0 aliphatic heterocycles. The van der Waals surface area contributed by atoms with Crippen LogP contribution < -0.4 is 0 Å². The molecule has 4 heteroatoms. The quantitative estimate of drug-likeness (QED) is 0.301. The zero-order valence-corrected chi connectivity index (χ0v) is 5.07. The lowest BCUT2D eigenvalue weighted by atomic mass is 10.7. The second kappa shape index (κ2) is 4.39. The Hall–Kier alpha value is -0.770. The molecule has 0 spiro atoms. The molecule has 0 aromatic heterocycles. The summed E-state index contributed by atoms with van der Waals surface area (Å²) in [4.78, 5) is 13.3. The third-order valence-electron chi connectivity index (χ3n) is 0.424. The number of methoxy groups -OCH3 is 1. The smallest absolute Gasteiger partial charge is 0.349 e. The Bertz CT molecular complexity index is 121. The van der Waals surface area contributed by atoms with Crippen LogP contribution in [0.1, 0.15) is 0 Å². The summed E-state index contributed by atoms with van der Waals surface area (Å²) in [6.45, 7) is 0. The number of rotatable bonds is 2. The highest BCUT2D eigenvalue weighted by atomic mass is 32.1. The number of thiocarbonyl (C=S) groups is 1. The molecule has 1 radical (unpaired) electrons. The standard InChI is InChI=1S/C4H4NO2S/c1-7-4(6)2-5-3-8/h2H,1H3. The fourth-order valence-electron chi connectivity index (χ4n) is 0.132. The minimum atomic E-state index is -0.526. The molecule has 0 atom stereocenters. The van der Waals surface area contributed by atoms with Crippen molar-refractivity contribution in [3.63, 3.8) is 0 Å². The Morgan fingerprint density at radius 1 is 2.00 bits per heavy atom. The van der Waals surface area contributed by atoms with E-state index in [0.29, 0.717) is 0 Å². The molecule has 0 bridgehead atoms. The molecular weight excluding hydrogens is 126 g/mol. The number of carbonyl (C=O) groups is 1. The van der Waals surface area contributed by atoms with Gasteiger partial charge >= 0.3 is 5.97 Å². The van der Waals surface area contributed by atoms with Crippen molar-refractivity contribution in [3.05, 3.63) is 0 Å². The lowest BCUT2D eigenvalue weighted by Crippen LogP contribution is -2.00. The first-order valence-electron chi connectivity index (χ1n) is 1.79. The van der Waals surface area contributed by atoms with Crippen LogP contribution >= 0.6 is 12.2 Å². The van der Waals surface area contributed by atoms with Crippen LogP contribution in [0.5, 0.6) is 0 Å². The van der Waals surface area contributed by atoms with Gasteiger partial charge in [-0.3, -0.25) is 0 Å². The van der Waals surface area contributed by atoms with Gasteiger partial charge in [-0.05, 0) is 0 Å². The lowest BCUT2D eigenvalue weighted by molar-refractivity contribution is -0.132. The molecule has 0 aliphatic rings. The van der Waals surface area contributed by atoms with Gasteiger partial charge in [0.1, 0.15) is 6.21 Å². The second-order valence-electron chi connectivity index (χ2n) is 0.873. The minimum absolute atomic E-state index is 0.526. The monoisotopic (exact) mass is 130 g/mol. The first-order chi connectivity index (χ1) is 3.81. The van der Waals surface area contributed by atoms with Crippen LogP contribution in [0.15, 0.2) is 4.99 Å². The molecule has 0 rings (SSSR count). The topological polar surface area (TPSA) is 38.7 Å². The highest BCUT2D eigenvalue weighted by Gasteiger charge is 1.87. The van der Waals surface area contributed by atoms with E-state index < -0.39 is 5.97 Å². The molecule has 0 fully saturated rings. The van der Waals surface area contributed by atoms with Crippen LogP contribution in [-0.2, 0) is 9.53 Å². The molecule has 3 nitrogen and oxygen atoms in total. The van der Waals surface area contributed by atoms with E-state index >= 15 is 0 Å².